The van der Waals surface area contributed by atoms with Crippen molar-refractivity contribution >= 4 is 45.8 Å². The zero-order valence-electron chi connectivity index (χ0n) is 8.99. The van der Waals surface area contributed by atoms with Crippen LogP contribution in [0.1, 0.15) is 6.42 Å². The molecule has 1 aliphatic rings. The lowest BCUT2D eigenvalue weighted by Crippen LogP contribution is -2.26. The third kappa shape index (κ3) is 2.42. The van der Waals surface area contributed by atoms with Crippen LogP contribution in [0, 0.1) is 11.7 Å². The Hall–Kier alpha value is -0.750. The van der Waals surface area contributed by atoms with E-state index >= 15 is 0 Å². The van der Waals surface area contributed by atoms with Crippen molar-refractivity contribution in [3.63, 3.8) is 0 Å². The maximum absolute atomic E-state index is 13.1. The van der Waals surface area contributed by atoms with Gasteiger partial charge in [-0.2, -0.15) is 12.6 Å². The lowest BCUT2D eigenvalue weighted by Gasteiger charge is -2.20. The number of amides is 1. The molecule has 0 spiro atoms. The Balaban J connectivity index is 2.38. The Bertz CT molecular complexity index is 446. The molecule has 17 heavy (non-hydrogen) atoms. The van der Waals surface area contributed by atoms with Crippen molar-refractivity contribution < 1.29 is 9.18 Å². The van der Waals surface area contributed by atoms with E-state index in [4.69, 9.17) is 5.73 Å². The van der Waals surface area contributed by atoms with Crippen molar-refractivity contribution in [2.45, 2.75) is 6.42 Å². The Kier molecular flexibility index (Phi) is 3.63. The fourth-order valence-corrected chi connectivity index (χ4v) is 2.90. The molecule has 1 amide bonds. The van der Waals surface area contributed by atoms with E-state index in [1.54, 1.807) is 4.90 Å². The van der Waals surface area contributed by atoms with Crippen LogP contribution in [0.25, 0.3) is 0 Å². The van der Waals surface area contributed by atoms with Gasteiger partial charge in [0.1, 0.15) is 5.82 Å². The van der Waals surface area contributed by atoms with Crippen LogP contribution in [0.5, 0.6) is 0 Å². The average Bonchev–Trinajstić information content (AvgIpc) is 2.59. The number of nitrogen functional groups attached to an aromatic ring is 1. The quantitative estimate of drug-likeness (QED) is 0.650. The Labute approximate surface area is 113 Å². The Morgan fingerprint density at radius 2 is 2.29 bits per heavy atom. The number of anilines is 2. The fraction of sp³-hybridized carbons (Fsp3) is 0.364. The van der Waals surface area contributed by atoms with Gasteiger partial charge in [0.15, 0.2) is 0 Å². The van der Waals surface area contributed by atoms with Gasteiger partial charge in [-0.05, 0) is 39.7 Å². The molecule has 1 aromatic rings. The number of benzene rings is 1. The minimum absolute atomic E-state index is 0.00283. The van der Waals surface area contributed by atoms with Gasteiger partial charge in [0.05, 0.1) is 11.4 Å². The summed E-state index contributed by atoms with van der Waals surface area (Å²) in [5, 5.41) is 0. The first-order chi connectivity index (χ1) is 8.02. The average molecular weight is 319 g/mol. The number of halogens is 2. The molecule has 92 valence electrons. The molecule has 3 nitrogen and oxygen atoms in total. The maximum Gasteiger partial charge on any atom is 0.227 e. The number of carbonyl (C=O) groups excluding carboxylic acids is 1. The summed E-state index contributed by atoms with van der Waals surface area (Å²) in [5.74, 6) is 0.460. The molecule has 1 unspecified atom stereocenters. The Morgan fingerprint density at radius 1 is 1.59 bits per heavy atom. The second-order valence-electron chi connectivity index (χ2n) is 4.08. The van der Waals surface area contributed by atoms with E-state index in [0.29, 0.717) is 28.9 Å². The van der Waals surface area contributed by atoms with Crippen LogP contribution in [0.15, 0.2) is 16.6 Å². The summed E-state index contributed by atoms with van der Waals surface area (Å²) in [4.78, 5) is 13.5. The highest BCUT2D eigenvalue weighted by Crippen LogP contribution is 2.37. The summed E-state index contributed by atoms with van der Waals surface area (Å²) in [6.45, 7) is 0.580. The molecule has 0 bridgehead atoms. The number of hydrogen-bond donors (Lipinski definition) is 2. The van der Waals surface area contributed by atoms with Gasteiger partial charge < -0.3 is 10.6 Å². The number of carbonyl (C=O) groups is 1. The molecular weight excluding hydrogens is 307 g/mol. The molecule has 0 saturated carbocycles. The summed E-state index contributed by atoms with van der Waals surface area (Å²) >= 11 is 7.44. The lowest BCUT2D eigenvalue weighted by atomic mass is 10.1. The van der Waals surface area contributed by atoms with E-state index < -0.39 is 5.82 Å². The van der Waals surface area contributed by atoms with Gasteiger partial charge in [0.25, 0.3) is 0 Å². The van der Waals surface area contributed by atoms with E-state index in [9.17, 15) is 9.18 Å². The number of nitrogens with two attached hydrogens (primary N) is 1. The van der Waals surface area contributed by atoms with Gasteiger partial charge in [-0.3, -0.25) is 4.79 Å². The first-order valence-electron chi connectivity index (χ1n) is 5.18. The molecule has 0 aromatic heterocycles. The van der Waals surface area contributed by atoms with Crippen LogP contribution in [-0.2, 0) is 4.79 Å². The van der Waals surface area contributed by atoms with E-state index in [2.05, 4.69) is 28.6 Å². The SMILES string of the molecule is Nc1cc(F)cc(Br)c1N1CC(CS)CC1=O. The molecule has 2 rings (SSSR count). The van der Waals surface area contributed by atoms with Gasteiger partial charge in [-0.15, -0.1) is 0 Å². The van der Waals surface area contributed by atoms with Crippen LogP contribution >= 0.6 is 28.6 Å². The minimum Gasteiger partial charge on any atom is -0.397 e. The van der Waals surface area contributed by atoms with Gasteiger partial charge in [0, 0.05) is 17.4 Å². The van der Waals surface area contributed by atoms with E-state index in [-0.39, 0.29) is 17.5 Å². The van der Waals surface area contributed by atoms with Crippen LogP contribution in [-0.4, -0.2) is 18.2 Å². The van der Waals surface area contributed by atoms with Crippen molar-refractivity contribution in [2.75, 3.05) is 22.9 Å². The molecule has 0 radical (unpaired) electrons. The second kappa shape index (κ2) is 4.86. The van der Waals surface area contributed by atoms with Crippen molar-refractivity contribution in [2.24, 2.45) is 5.92 Å². The summed E-state index contributed by atoms with van der Waals surface area (Å²) in [5.41, 5.74) is 6.59. The molecule has 2 N–H and O–H groups in total. The predicted molar refractivity (Wildman–Crippen MR) is 72.8 cm³/mol. The third-order valence-corrected chi connectivity index (χ3v) is 3.91. The monoisotopic (exact) mass is 318 g/mol. The van der Waals surface area contributed by atoms with Crippen molar-refractivity contribution in [1.29, 1.82) is 0 Å². The van der Waals surface area contributed by atoms with Crippen LogP contribution < -0.4 is 10.6 Å². The molecule has 1 saturated heterocycles. The lowest BCUT2D eigenvalue weighted by molar-refractivity contribution is -0.117. The minimum atomic E-state index is -0.421. The normalized spacial score (nSPS) is 20.1. The summed E-state index contributed by atoms with van der Waals surface area (Å²) < 4.78 is 13.6. The molecular formula is C11H12BrFN2OS. The maximum atomic E-state index is 13.1. The van der Waals surface area contributed by atoms with E-state index in [1.165, 1.54) is 12.1 Å². The molecule has 0 aliphatic carbocycles. The van der Waals surface area contributed by atoms with Gasteiger partial charge >= 0.3 is 0 Å². The van der Waals surface area contributed by atoms with Gasteiger partial charge in [-0.1, -0.05) is 0 Å². The van der Waals surface area contributed by atoms with Crippen molar-refractivity contribution in [3.8, 4) is 0 Å². The zero-order valence-corrected chi connectivity index (χ0v) is 11.5. The second-order valence-corrected chi connectivity index (χ2v) is 5.30. The third-order valence-electron chi connectivity index (χ3n) is 2.79. The molecule has 1 aliphatic heterocycles. The van der Waals surface area contributed by atoms with Crippen LogP contribution in [0.3, 0.4) is 0 Å². The summed E-state index contributed by atoms with van der Waals surface area (Å²) in [7, 11) is 0. The zero-order chi connectivity index (χ0) is 12.6. The number of hydrogen-bond acceptors (Lipinski definition) is 3. The van der Waals surface area contributed by atoms with Crippen molar-refractivity contribution in [3.05, 3.63) is 22.4 Å². The van der Waals surface area contributed by atoms with E-state index in [1.807, 2.05) is 0 Å². The molecule has 1 heterocycles. The smallest absolute Gasteiger partial charge is 0.227 e. The van der Waals surface area contributed by atoms with Gasteiger partial charge in [-0.25, -0.2) is 4.39 Å². The standard InChI is InChI=1S/C11H12BrFN2OS/c12-8-2-7(13)3-9(14)11(8)15-4-6(5-17)1-10(15)16/h2-3,6,17H,1,4-5,14H2. The predicted octanol–water partition coefficient (Wildman–Crippen LogP) is 2.45. The van der Waals surface area contributed by atoms with Crippen molar-refractivity contribution in [1.82, 2.24) is 0 Å². The summed E-state index contributed by atoms with van der Waals surface area (Å²) in [6.07, 6.45) is 0.465. The number of nitrogens with zero attached hydrogens (tertiary/aromatic N) is 1. The van der Waals surface area contributed by atoms with Gasteiger partial charge in [0.2, 0.25) is 5.91 Å². The highest BCUT2D eigenvalue weighted by atomic mass is 79.9. The largest absolute Gasteiger partial charge is 0.397 e. The first-order valence-corrected chi connectivity index (χ1v) is 6.61. The number of thiol groups is 1. The summed E-state index contributed by atoms with van der Waals surface area (Å²) in [6, 6.07) is 2.54. The molecule has 6 heteroatoms. The molecule has 1 fully saturated rings. The van der Waals surface area contributed by atoms with Crippen LogP contribution in [0.2, 0.25) is 0 Å². The fourth-order valence-electron chi connectivity index (χ4n) is 1.99. The Morgan fingerprint density at radius 3 is 2.82 bits per heavy atom. The van der Waals surface area contributed by atoms with E-state index in [0.717, 1.165) is 0 Å². The first kappa shape index (κ1) is 12.7. The molecule has 1 aromatic carbocycles. The topological polar surface area (TPSA) is 46.3 Å². The molecule has 1 atom stereocenters. The van der Waals surface area contributed by atoms with Crippen LogP contribution in [0.4, 0.5) is 15.8 Å². The number of rotatable bonds is 2. The highest BCUT2D eigenvalue weighted by Gasteiger charge is 2.32. The highest BCUT2D eigenvalue weighted by molar-refractivity contribution is 9.10.